The minimum Gasteiger partial charge on any atom is -0.497 e. The first kappa shape index (κ1) is 14.9. The number of likely N-dealkylation sites (tertiary alicyclic amines) is 1. The topological polar surface area (TPSA) is 32.7 Å². The molecule has 1 fully saturated rings. The average molecular weight is 289 g/mol. The molecular weight excluding hydrogens is 262 g/mol. The first-order valence-electron chi connectivity index (χ1n) is 8.31. The summed E-state index contributed by atoms with van der Waals surface area (Å²) in [6, 6.07) is 6.38. The van der Waals surface area contributed by atoms with Crippen LogP contribution in [0, 0.1) is 5.92 Å². The molecule has 1 heterocycles. The summed E-state index contributed by atoms with van der Waals surface area (Å²) < 4.78 is 5.29. The fourth-order valence-electron chi connectivity index (χ4n) is 3.96. The van der Waals surface area contributed by atoms with Gasteiger partial charge >= 0.3 is 0 Å². The van der Waals surface area contributed by atoms with Gasteiger partial charge in [0, 0.05) is 6.04 Å². The molecule has 3 heteroatoms. The maximum Gasteiger partial charge on any atom is 0.119 e. The number of fused-ring (bicyclic) bond motifs is 1. The van der Waals surface area contributed by atoms with Gasteiger partial charge < -0.3 is 9.84 Å². The molecule has 0 radical (unpaired) electrons. The Kier molecular flexibility index (Phi) is 4.51. The molecule has 1 N–H and O–H groups in total. The maximum absolute atomic E-state index is 10.7. The van der Waals surface area contributed by atoms with Gasteiger partial charge in [-0.05, 0) is 68.0 Å². The average Bonchev–Trinajstić information content (AvgIpc) is 2.71. The van der Waals surface area contributed by atoms with E-state index in [2.05, 4.69) is 17.9 Å². The molecule has 1 saturated heterocycles. The van der Waals surface area contributed by atoms with Crippen molar-refractivity contribution in [2.45, 2.75) is 51.2 Å². The minimum absolute atomic E-state index is 0.253. The first-order valence-corrected chi connectivity index (χ1v) is 8.31. The lowest BCUT2D eigenvalue weighted by Crippen LogP contribution is -2.39. The molecule has 3 unspecified atom stereocenters. The van der Waals surface area contributed by atoms with Crippen molar-refractivity contribution in [3.8, 4) is 5.75 Å². The van der Waals surface area contributed by atoms with Gasteiger partial charge in [-0.3, -0.25) is 4.90 Å². The molecule has 1 aromatic rings. The largest absolute Gasteiger partial charge is 0.497 e. The Morgan fingerprint density at radius 1 is 1.29 bits per heavy atom. The van der Waals surface area contributed by atoms with Gasteiger partial charge in [0.05, 0.1) is 13.2 Å². The Bertz CT molecular complexity index is 488. The number of aliphatic hydroxyl groups excluding tert-OH is 1. The molecule has 1 aromatic carbocycles. The normalized spacial score (nSPS) is 30.0. The number of methoxy groups -OCH3 is 1. The summed E-state index contributed by atoms with van der Waals surface area (Å²) in [4.78, 5) is 2.52. The smallest absolute Gasteiger partial charge is 0.119 e. The van der Waals surface area contributed by atoms with Crippen LogP contribution in [0.2, 0.25) is 0 Å². The van der Waals surface area contributed by atoms with Gasteiger partial charge in [0.25, 0.3) is 0 Å². The molecule has 0 aromatic heterocycles. The van der Waals surface area contributed by atoms with Crippen molar-refractivity contribution < 1.29 is 9.84 Å². The van der Waals surface area contributed by atoms with E-state index in [9.17, 15) is 5.11 Å². The van der Waals surface area contributed by atoms with E-state index in [1.54, 1.807) is 7.11 Å². The van der Waals surface area contributed by atoms with E-state index < -0.39 is 0 Å². The lowest BCUT2D eigenvalue weighted by Gasteiger charge is -2.30. The Morgan fingerprint density at radius 3 is 2.90 bits per heavy atom. The lowest BCUT2D eigenvalue weighted by molar-refractivity contribution is 0.0619. The fraction of sp³-hybridized carbons (Fsp3) is 0.667. The monoisotopic (exact) mass is 289 g/mol. The van der Waals surface area contributed by atoms with Crippen molar-refractivity contribution in [2.75, 3.05) is 20.2 Å². The van der Waals surface area contributed by atoms with Crippen LogP contribution in [-0.2, 0) is 6.42 Å². The fourth-order valence-corrected chi connectivity index (χ4v) is 3.96. The highest BCUT2D eigenvalue weighted by Crippen LogP contribution is 2.37. The Hall–Kier alpha value is -1.06. The summed E-state index contributed by atoms with van der Waals surface area (Å²) in [5.74, 6) is 1.71. The zero-order chi connectivity index (χ0) is 14.8. The van der Waals surface area contributed by atoms with Crippen LogP contribution in [0.5, 0.6) is 5.75 Å². The van der Waals surface area contributed by atoms with Gasteiger partial charge in [-0.15, -0.1) is 0 Å². The van der Waals surface area contributed by atoms with E-state index in [1.165, 1.54) is 31.2 Å². The van der Waals surface area contributed by atoms with Gasteiger partial charge in [-0.25, -0.2) is 0 Å². The lowest BCUT2D eigenvalue weighted by atomic mass is 9.98. The van der Waals surface area contributed by atoms with Gasteiger partial charge in [-0.1, -0.05) is 19.4 Å². The van der Waals surface area contributed by atoms with Crippen LogP contribution in [0.1, 0.15) is 49.8 Å². The molecule has 1 aliphatic carbocycles. The predicted octanol–water partition coefficient (Wildman–Crippen LogP) is 3.17. The van der Waals surface area contributed by atoms with Crippen molar-refractivity contribution in [1.82, 2.24) is 4.90 Å². The molecule has 0 spiro atoms. The SMILES string of the molecule is CCC1CCCN(C2Cc3ccc(OC)cc3C2O)CC1. The van der Waals surface area contributed by atoms with Crippen LogP contribution in [0.25, 0.3) is 0 Å². The van der Waals surface area contributed by atoms with Crippen LogP contribution in [0.3, 0.4) is 0 Å². The van der Waals surface area contributed by atoms with Gasteiger partial charge in [-0.2, -0.15) is 0 Å². The third-order valence-electron chi connectivity index (χ3n) is 5.39. The molecule has 21 heavy (non-hydrogen) atoms. The predicted molar refractivity (Wildman–Crippen MR) is 84.7 cm³/mol. The van der Waals surface area contributed by atoms with E-state index in [4.69, 9.17) is 4.74 Å². The van der Waals surface area contributed by atoms with E-state index >= 15 is 0 Å². The van der Waals surface area contributed by atoms with Gasteiger partial charge in [0.1, 0.15) is 5.75 Å². The van der Waals surface area contributed by atoms with Crippen molar-refractivity contribution in [2.24, 2.45) is 5.92 Å². The molecule has 0 saturated carbocycles. The Balaban J connectivity index is 1.73. The number of ether oxygens (including phenoxy) is 1. The van der Waals surface area contributed by atoms with Crippen molar-refractivity contribution >= 4 is 0 Å². The minimum atomic E-state index is -0.367. The number of nitrogens with zero attached hydrogens (tertiary/aromatic N) is 1. The van der Waals surface area contributed by atoms with Crippen LogP contribution < -0.4 is 4.74 Å². The van der Waals surface area contributed by atoms with E-state index in [-0.39, 0.29) is 12.1 Å². The summed E-state index contributed by atoms with van der Waals surface area (Å²) in [5.41, 5.74) is 2.35. The van der Waals surface area contributed by atoms with Crippen LogP contribution in [0.4, 0.5) is 0 Å². The number of hydrogen-bond acceptors (Lipinski definition) is 3. The molecule has 0 amide bonds. The zero-order valence-corrected chi connectivity index (χ0v) is 13.2. The molecular formula is C18H27NO2. The molecule has 3 nitrogen and oxygen atoms in total. The molecule has 0 bridgehead atoms. The molecule has 2 aliphatic rings. The quantitative estimate of drug-likeness (QED) is 0.927. The maximum atomic E-state index is 10.7. The Labute approximate surface area is 127 Å². The zero-order valence-electron chi connectivity index (χ0n) is 13.2. The first-order chi connectivity index (χ1) is 10.2. The third-order valence-corrected chi connectivity index (χ3v) is 5.39. The van der Waals surface area contributed by atoms with Crippen molar-refractivity contribution in [1.29, 1.82) is 0 Å². The molecule has 3 atom stereocenters. The van der Waals surface area contributed by atoms with Crippen molar-refractivity contribution in [3.05, 3.63) is 29.3 Å². The number of rotatable bonds is 3. The number of aliphatic hydroxyl groups is 1. The highest BCUT2D eigenvalue weighted by Gasteiger charge is 2.35. The van der Waals surface area contributed by atoms with Gasteiger partial charge in [0.15, 0.2) is 0 Å². The second-order valence-corrected chi connectivity index (χ2v) is 6.52. The Morgan fingerprint density at radius 2 is 2.14 bits per heavy atom. The van der Waals surface area contributed by atoms with Crippen molar-refractivity contribution in [3.63, 3.8) is 0 Å². The highest BCUT2D eigenvalue weighted by atomic mass is 16.5. The number of benzene rings is 1. The van der Waals surface area contributed by atoms with Crippen LogP contribution >= 0.6 is 0 Å². The second kappa shape index (κ2) is 6.37. The summed E-state index contributed by atoms with van der Waals surface area (Å²) in [6.45, 7) is 4.56. The number of hydrogen-bond donors (Lipinski definition) is 1. The van der Waals surface area contributed by atoms with E-state index in [0.717, 1.165) is 36.7 Å². The second-order valence-electron chi connectivity index (χ2n) is 6.52. The molecule has 1 aliphatic heterocycles. The summed E-state index contributed by atoms with van der Waals surface area (Å²) in [7, 11) is 1.68. The van der Waals surface area contributed by atoms with E-state index in [0.29, 0.717) is 0 Å². The van der Waals surface area contributed by atoms with Crippen LogP contribution in [0.15, 0.2) is 18.2 Å². The van der Waals surface area contributed by atoms with Crippen LogP contribution in [-0.4, -0.2) is 36.2 Å². The summed E-state index contributed by atoms with van der Waals surface area (Å²) in [6.07, 6.45) is 5.78. The molecule has 116 valence electrons. The summed E-state index contributed by atoms with van der Waals surface area (Å²) >= 11 is 0. The van der Waals surface area contributed by atoms with Gasteiger partial charge in [0.2, 0.25) is 0 Å². The molecule has 3 rings (SSSR count). The van der Waals surface area contributed by atoms with E-state index in [1.807, 2.05) is 12.1 Å². The third kappa shape index (κ3) is 2.95. The highest BCUT2D eigenvalue weighted by molar-refractivity contribution is 5.41. The standard InChI is InChI=1S/C18H27NO2/c1-3-13-5-4-9-19(10-8-13)17-11-14-6-7-15(21-2)12-16(14)18(17)20/h6-7,12-13,17-18,20H,3-5,8-11H2,1-2H3. The summed E-state index contributed by atoms with van der Waals surface area (Å²) in [5, 5.41) is 10.7.